The van der Waals surface area contributed by atoms with E-state index in [0.717, 1.165) is 121 Å². The first-order valence-electron chi connectivity index (χ1n) is 23.9. The molecule has 13 rings (SSSR count). The first-order valence-corrected chi connectivity index (χ1v) is 23.9. The van der Waals surface area contributed by atoms with E-state index in [4.69, 9.17) is 13.3 Å². The molecule has 0 fully saturated rings. The third-order valence-corrected chi connectivity index (χ3v) is 14.1. The van der Waals surface area contributed by atoms with Gasteiger partial charge in [0, 0.05) is 66.2 Å². The van der Waals surface area contributed by atoms with Gasteiger partial charge in [-0.05, 0) is 105 Å². The molecule has 0 unspecified atom stereocenters. The first-order chi connectivity index (χ1) is 33.5. The molecule has 0 bridgehead atoms. The van der Waals surface area contributed by atoms with Gasteiger partial charge in [0.2, 0.25) is 0 Å². The summed E-state index contributed by atoms with van der Waals surface area (Å²) in [6, 6.07) is 69.4. The molecular weight excluding hydrogens is 845 g/mol. The fourth-order valence-electron chi connectivity index (χ4n) is 10.8. The summed E-state index contributed by atoms with van der Waals surface area (Å²) in [7, 11) is 0. The van der Waals surface area contributed by atoms with Gasteiger partial charge in [0.15, 0.2) is 11.2 Å². The van der Waals surface area contributed by atoms with Crippen molar-refractivity contribution in [1.29, 1.82) is 0 Å². The Morgan fingerprint density at radius 3 is 1.10 bits per heavy atom. The monoisotopic (exact) mass is 894 g/mol. The van der Waals surface area contributed by atoms with Crippen LogP contribution in [-0.4, -0.2) is 0 Å². The van der Waals surface area contributed by atoms with Gasteiger partial charge in [-0.2, -0.15) is 0 Å². The molecule has 0 spiro atoms. The Balaban J connectivity index is 0.971. The van der Waals surface area contributed by atoms with Crippen LogP contribution in [0.15, 0.2) is 207 Å². The lowest BCUT2D eigenvalue weighted by atomic mass is 9.86. The van der Waals surface area contributed by atoms with E-state index in [-0.39, 0.29) is 10.8 Å². The van der Waals surface area contributed by atoms with Crippen molar-refractivity contribution >= 4 is 121 Å². The van der Waals surface area contributed by atoms with Gasteiger partial charge in [-0.25, -0.2) is 0 Å². The van der Waals surface area contributed by atoms with Gasteiger partial charge < -0.3 is 23.1 Å². The van der Waals surface area contributed by atoms with E-state index < -0.39 is 0 Å². The van der Waals surface area contributed by atoms with Gasteiger partial charge >= 0.3 is 0 Å². The van der Waals surface area contributed by atoms with Gasteiger partial charge in [-0.3, -0.25) is 0 Å². The second kappa shape index (κ2) is 15.1. The van der Waals surface area contributed by atoms with Crippen molar-refractivity contribution in [2.75, 3.05) is 9.80 Å². The maximum absolute atomic E-state index is 6.95. The predicted molar refractivity (Wildman–Crippen MR) is 290 cm³/mol. The molecule has 0 N–H and O–H groups in total. The Morgan fingerprint density at radius 2 is 0.696 bits per heavy atom. The van der Waals surface area contributed by atoms with E-state index in [1.54, 1.807) is 0 Å². The predicted octanol–water partition coefficient (Wildman–Crippen LogP) is 19.2. The molecule has 3 heterocycles. The van der Waals surface area contributed by atoms with Gasteiger partial charge in [0.1, 0.15) is 22.3 Å². The second-order valence-electron chi connectivity index (χ2n) is 20.5. The van der Waals surface area contributed by atoms with Crippen molar-refractivity contribution in [3.05, 3.63) is 205 Å². The molecule has 334 valence electrons. The maximum atomic E-state index is 6.95. The third kappa shape index (κ3) is 6.44. The maximum Gasteiger partial charge on any atom is 0.159 e. The Morgan fingerprint density at radius 1 is 0.304 bits per heavy atom. The molecule has 10 aromatic carbocycles. The van der Waals surface area contributed by atoms with Crippen LogP contribution in [0, 0.1) is 0 Å². The standard InChI is InChI=1S/C64H50N2O3/c1-63(2,3)51-25-13-21-47-49-23-15-27-53(61(49)68-59(47)51)65(41-17-9-7-10-18-41)43-31-33-45-39(37-43)29-35-55-57(45)58-46-34-32-44(38-40(46)30-36-56(58)67-55)66(42-19-11-8-12-20-42)54-28-16-24-50-48-22-14-26-52(64(4,5)6)60(48)69-62(50)54/h7-38H,1-6H3. The summed E-state index contributed by atoms with van der Waals surface area (Å²) in [6.45, 7) is 13.5. The van der Waals surface area contributed by atoms with Crippen molar-refractivity contribution in [2.24, 2.45) is 0 Å². The highest BCUT2D eigenvalue weighted by Gasteiger charge is 2.27. The number of benzene rings is 10. The van der Waals surface area contributed by atoms with E-state index in [1.165, 1.54) is 11.1 Å². The second-order valence-corrected chi connectivity index (χ2v) is 20.5. The number of rotatable bonds is 6. The average Bonchev–Trinajstić information content (AvgIpc) is 4.07. The largest absolute Gasteiger partial charge is 0.456 e. The van der Waals surface area contributed by atoms with Crippen molar-refractivity contribution < 1.29 is 13.3 Å². The molecule has 0 radical (unpaired) electrons. The summed E-state index contributed by atoms with van der Waals surface area (Å²) < 4.78 is 20.6. The van der Waals surface area contributed by atoms with Crippen molar-refractivity contribution in [3.8, 4) is 0 Å². The number of hydrogen-bond donors (Lipinski definition) is 0. The summed E-state index contributed by atoms with van der Waals surface area (Å²) in [6.07, 6.45) is 0. The van der Waals surface area contributed by atoms with Gasteiger partial charge in [-0.15, -0.1) is 0 Å². The van der Waals surface area contributed by atoms with E-state index in [9.17, 15) is 0 Å². The van der Waals surface area contributed by atoms with E-state index in [2.05, 4.69) is 245 Å². The highest BCUT2D eigenvalue weighted by atomic mass is 16.3. The summed E-state index contributed by atoms with van der Waals surface area (Å²) in [5, 5.41) is 11.2. The molecular formula is C64H50N2O3. The van der Waals surface area contributed by atoms with Gasteiger partial charge in [0.05, 0.1) is 11.4 Å². The van der Waals surface area contributed by atoms with Crippen LogP contribution in [0.1, 0.15) is 52.7 Å². The molecule has 13 aromatic rings. The zero-order valence-electron chi connectivity index (χ0n) is 39.6. The highest BCUT2D eigenvalue weighted by molar-refractivity contribution is 6.27. The quantitative estimate of drug-likeness (QED) is 0.166. The third-order valence-electron chi connectivity index (χ3n) is 14.1. The Bertz CT molecular complexity index is 3890. The lowest BCUT2D eigenvalue weighted by Crippen LogP contribution is -2.11. The normalized spacial score (nSPS) is 12.5. The molecule has 0 amide bonds. The fourth-order valence-corrected chi connectivity index (χ4v) is 10.8. The van der Waals surface area contributed by atoms with Crippen LogP contribution in [0.5, 0.6) is 0 Å². The molecule has 3 aromatic heterocycles. The number of fused-ring (bicyclic) bond motifs is 13. The number of furan rings is 3. The van der Waals surface area contributed by atoms with Crippen LogP contribution in [0.3, 0.4) is 0 Å². The minimum atomic E-state index is -0.0772. The van der Waals surface area contributed by atoms with Crippen LogP contribution in [0.4, 0.5) is 34.1 Å². The Kier molecular flexibility index (Phi) is 8.97. The molecule has 0 aliphatic rings. The van der Waals surface area contributed by atoms with E-state index in [0.29, 0.717) is 0 Å². The number of anilines is 6. The topological polar surface area (TPSA) is 45.9 Å². The van der Waals surface area contributed by atoms with Crippen molar-refractivity contribution in [3.63, 3.8) is 0 Å². The molecule has 0 atom stereocenters. The molecule has 69 heavy (non-hydrogen) atoms. The van der Waals surface area contributed by atoms with E-state index in [1.807, 2.05) is 0 Å². The molecule has 0 aliphatic carbocycles. The SMILES string of the molecule is CC(C)(C)c1cccc2c1oc1c(N(c3ccccc3)c3ccc4c(ccc5oc6ccc7cc(N(c8ccccc8)c8cccc9c8oc8c(C(C)(C)C)cccc89)ccc7c6c54)c3)cccc12. The highest BCUT2D eigenvalue weighted by Crippen LogP contribution is 2.48. The van der Waals surface area contributed by atoms with Crippen LogP contribution in [-0.2, 0) is 10.8 Å². The lowest BCUT2D eigenvalue weighted by molar-refractivity contribution is 0.572. The molecule has 5 nitrogen and oxygen atoms in total. The minimum absolute atomic E-state index is 0.0772. The smallest absolute Gasteiger partial charge is 0.159 e. The van der Waals surface area contributed by atoms with Gasteiger partial charge in [0.25, 0.3) is 0 Å². The molecule has 0 saturated carbocycles. The van der Waals surface area contributed by atoms with Crippen LogP contribution in [0.25, 0.3) is 87.4 Å². The van der Waals surface area contributed by atoms with Crippen molar-refractivity contribution in [1.82, 2.24) is 0 Å². The van der Waals surface area contributed by atoms with Crippen LogP contribution in [0.2, 0.25) is 0 Å². The number of para-hydroxylation sites is 6. The number of hydrogen-bond acceptors (Lipinski definition) is 5. The summed E-state index contributed by atoms with van der Waals surface area (Å²) >= 11 is 0. The van der Waals surface area contributed by atoms with Crippen LogP contribution >= 0.6 is 0 Å². The summed E-state index contributed by atoms with van der Waals surface area (Å²) in [4.78, 5) is 4.65. The fraction of sp³-hybridized carbons (Fsp3) is 0.125. The van der Waals surface area contributed by atoms with Crippen LogP contribution < -0.4 is 9.80 Å². The molecule has 0 saturated heterocycles. The first kappa shape index (κ1) is 41.0. The lowest BCUT2D eigenvalue weighted by Gasteiger charge is -2.26. The van der Waals surface area contributed by atoms with E-state index >= 15 is 0 Å². The summed E-state index contributed by atoms with van der Waals surface area (Å²) in [5.41, 5.74) is 13.7. The zero-order chi connectivity index (χ0) is 46.8. The average molecular weight is 895 g/mol. The molecule has 5 heteroatoms. The number of nitrogens with zero attached hydrogens (tertiary/aromatic N) is 2. The molecule has 0 aliphatic heterocycles. The Hall–Kier alpha value is -8.28. The summed E-state index contributed by atoms with van der Waals surface area (Å²) in [5.74, 6) is 0. The van der Waals surface area contributed by atoms with Gasteiger partial charge in [-0.1, -0.05) is 163 Å². The Labute approximate surface area is 400 Å². The zero-order valence-corrected chi connectivity index (χ0v) is 39.6. The minimum Gasteiger partial charge on any atom is -0.456 e. The van der Waals surface area contributed by atoms with Crippen molar-refractivity contribution in [2.45, 2.75) is 52.4 Å².